The molecule has 0 aliphatic heterocycles. The maximum absolute atomic E-state index is 12.6. The zero-order valence-electron chi connectivity index (χ0n) is 97.7. The van der Waals surface area contributed by atoms with Gasteiger partial charge >= 0.3 is 0 Å². The van der Waals surface area contributed by atoms with Gasteiger partial charge in [0.05, 0.1) is 7.11 Å². The summed E-state index contributed by atoms with van der Waals surface area (Å²) >= 11 is 18.5. The highest BCUT2D eigenvalue weighted by molar-refractivity contribution is 9.10. The minimum absolute atomic E-state index is 0.116. The first kappa shape index (κ1) is 134. The summed E-state index contributed by atoms with van der Waals surface area (Å²) < 4.78 is 32.6. The van der Waals surface area contributed by atoms with Gasteiger partial charge in [0.1, 0.15) is 17.4 Å². The molecule has 7 heteroatoms. The quantitative estimate of drug-likeness (QED) is 0.168. The van der Waals surface area contributed by atoms with Gasteiger partial charge in [0.25, 0.3) is 0 Å². The van der Waals surface area contributed by atoms with Crippen LogP contribution in [0.4, 0.5) is 8.78 Å². The molecule has 147 heavy (non-hydrogen) atoms. The van der Waals surface area contributed by atoms with Crippen molar-refractivity contribution in [2.45, 2.75) is 295 Å². The molecule has 0 spiro atoms. The predicted molar refractivity (Wildman–Crippen MR) is 658 cm³/mol. The molecular weight excluding hydrogens is 1970 g/mol. The van der Waals surface area contributed by atoms with E-state index in [0.29, 0.717) is 5.92 Å². The molecule has 0 amide bonds. The van der Waals surface area contributed by atoms with Crippen molar-refractivity contribution in [3.63, 3.8) is 0 Å². The lowest BCUT2D eigenvalue weighted by Crippen LogP contribution is -2.12. The molecule has 0 bridgehead atoms. The summed E-state index contributed by atoms with van der Waals surface area (Å²) in [6.45, 7) is 86.5. The second kappa shape index (κ2) is 70.6. The molecule has 16 aromatic carbocycles. The number of benzene rings is 16. The highest BCUT2D eigenvalue weighted by Crippen LogP contribution is 2.28. The Kier molecular flexibility index (Phi) is 64.2. The number of rotatable bonds is 2. The third-order valence-corrected chi connectivity index (χ3v) is 29.0. The first-order valence-electron chi connectivity index (χ1n) is 51.1. The number of methoxy groups -OCH3 is 1. The number of aryl methyl sites for hydroxylation is 27. The molecule has 16 rings (SSSR count). The van der Waals surface area contributed by atoms with Crippen LogP contribution >= 0.6 is 55.1 Å². The van der Waals surface area contributed by atoms with E-state index in [0.717, 1.165) is 42.5 Å². The van der Waals surface area contributed by atoms with Gasteiger partial charge in [-0.25, -0.2) is 8.78 Å². The summed E-state index contributed by atoms with van der Waals surface area (Å²) in [5, 5.41) is 1.71. The number of halogens is 6. The lowest BCUT2D eigenvalue weighted by Gasteiger charge is -2.21. The third kappa shape index (κ3) is 52.9. The van der Waals surface area contributed by atoms with Crippen LogP contribution in [0, 0.1) is 261 Å². The first-order chi connectivity index (χ1) is 68.8. The fourth-order valence-corrected chi connectivity index (χ4v) is 15.2. The van der Waals surface area contributed by atoms with Crippen LogP contribution in [0.25, 0.3) is 0 Å². The lowest BCUT2D eigenvalue weighted by molar-refractivity contribution is 0.414. The molecule has 0 aliphatic rings. The minimum Gasteiger partial charge on any atom is -0.497 e. The standard InChI is InChI=1S/2C11H16.C10H14.C9H12O.3C9H12.2C8H9Br.2C8H9Cl.2C8H9F.3C8H10/c1-9-7-5-6-8-10(9)11(2,3)4;1-8(2)11-7-5-6-9(3)10(11)4;1-7-5-8(2)10(4)9(3)6-7;1-7-4-5-9(10-3)6-8(7)2;1-7-4-5-8(2)9(3)6-7;2*1-7-5-4-6-8(2)9(7)3;1-6-3-4-8(9)5-7(6)2;5*1-6-4-3-5-8(9)7(6)2;3*1-7-5-3-4-6-8(7)2/h2*5-8H,1-4H3;5-6H,1-4H3;4-6H,1-3H3;3*4-6H,1-3H3;6*3-5H,1-2H3;3*3-6H,1-2H3. The van der Waals surface area contributed by atoms with Gasteiger partial charge in [-0.1, -0.05) is 356 Å². The molecule has 0 atom stereocenters. The molecule has 0 N–H and O–H groups in total. The average molecular weight is 2150 g/mol. The second-order valence-corrected chi connectivity index (χ2v) is 42.6. The van der Waals surface area contributed by atoms with Crippen molar-refractivity contribution in [3.8, 4) is 5.75 Å². The highest BCUT2D eigenvalue weighted by atomic mass is 79.9. The molecule has 1 nitrogen and oxygen atoms in total. The smallest absolute Gasteiger partial charge is 0.126 e. The Bertz CT molecular complexity index is 5750. The van der Waals surface area contributed by atoms with E-state index in [1.54, 1.807) is 33.1 Å². The van der Waals surface area contributed by atoms with Crippen LogP contribution in [0.5, 0.6) is 5.75 Å². The van der Waals surface area contributed by atoms with Crippen molar-refractivity contribution in [2.75, 3.05) is 7.11 Å². The first-order valence-corrected chi connectivity index (χ1v) is 53.4. The van der Waals surface area contributed by atoms with Gasteiger partial charge in [0, 0.05) is 19.0 Å². The molecule has 0 unspecified atom stereocenters. The maximum atomic E-state index is 12.6. The van der Waals surface area contributed by atoms with E-state index in [2.05, 4.69) is 505 Å². The van der Waals surface area contributed by atoms with E-state index in [1.165, 1.54) is 206 Å². The monoisotopic (exact) mass is 2140 g/mol. The molecular formula is C140H178Br2Cl2F2O. The Balaban J connectivity index is 0.000000785. The summed E-state index contributed by atoms with van der Waals surface area (Å²) in [6, 6.07) is 104. The van der Waals surface area contributed by atoms with Crippen LogP contribution in [0.2, 0.25) is 10.0 Å². The Labute approximate surface area is 920 Å². The van der Waals surface area contributed by atoms with Crippen molar-refractivity contribution in [2.24, 2.45) is 0 Å². The third-order valence-electron chi connectivity index (χ3n) is 26.9. The van der Waals surface area contributed by atoms with E-state index in [-0.39, 0.29) is 17.0 Å². The van der Waals surface area contributed by atoms with Crippen molar-refractivity contribution in [1.29, 1.82) is 0 Å². The van der Waals surface area contributed by atoms with Crippen molar-refractivity contribution in [1.82, 2.24) is 0 Å². The zero-order valence-corrected chi connectivity index (χ0v) is 102. The number of ether oxygens (including phenoxy) is 1. The Morgan fingerprint density at radius 3 is 0.714 bits per heavy atom. The van der Waals surface area contributed by atoms with Crippen LogP contribution in [-0.4, -0.2) is 7.11 Å². The summed E-state index contributed by atoms with van der Waals surface area (Å²) in [5.41, 5.74) is 50.0. The second-order valence-electron chi connectivity index (χ2n) is 40.0. The van der Waals surface area contributed by atoms with Crippen molar-refractivity contribution >= 4 is 55.1 Å². The molecule has 0 fully saturated rings. The summed E-state index contributed by atoms with van der Waals surface area (Å²) in [7, 11) is 1.68. The molecule has 0 aromatic heterocycles. The van der Waals surface area contributed by atoms with E-state index >= 15 is 0 Å². The Morgan fingerprint density at radius 1 is 0.218 bits per heavy atom. The van der Waals surface area contributed by atoms with Gasteiger partial charge in [0.2, 0.25) is 0 Å². The summed E-state index contributed by atoms with van der Waals surface area (Å²) in [6.07, 6.45) is 0. The van der Waals surface area contributed by atoms with Crippen LogP contribution in [0.3, 0.4) is 0 Å². The fraction of sp³-hybridized carbons (Fsp3) is 0.314. The molecule has 0 saturated carbocycles. The number of hydrogen-bond acceptors (Lipinski definition) is 1. The maximum Gasteiger partial charge on any atom is 0.126 e. The molecule has 786 valence electrons. The number of hydrogen-bond donors (Lipinski definition) is 0. The van der Waals surface area contributed by atoms with Gasteiger partial charge in [-0.05, 0) is 515 Å². The molecule has 0 radical (unpaired) electrons. The van der Waals surface area contributed by atoms with E-state index in [4.69, 9.17) is 27.9 Å². The lowest BCUT2D eigenvalue weighted by atomic mass is 9.84. The van der Waals surface area contributed by atoms with Crippen LogP contribution < -0.4 is 4.74 Å². The van der Waals surface area contributed by atoms with Gasteiger partial charge < -0.3 is 4.74 Å². The predicted octanol–water partition coefficient (Wildman–Crippen LogP) is 43.6. The van der Waals surface area contributed by atoms with Crippen LogP contribution in [-0.2, 0) is 5.41 Å². The average Bonchev–Trinajstić information content (AvgIpc) is 0.843. The van der Waals surface area contributed by atoms with Gasteiger partial charge in [0.15, 0.2) is 0 Å². The largest absolute Gasteiger partial charge is 0.497 e. The summed E-state index contributed by atoms with van der Waals surface area (Å²) in [5.74, 6) is 1.35. The van der Waals surface area contributed by atoms with E-state index in [1.807, 2.05) is 82.3 Å². The zero-order chi connectivity index (χ0) is 112. The van der Waals surface area contributed by atoms with Gasteiger partial charge in [-0.3, -0.25) is 0 Å². The van der Waals surface area contributed by atoms with Crippen molar-refractivity contribution in [3.05, 3.63) is 551 Å². The van der Waals surface area contributed by atoms with Crippen LogP contribution in [0.15, 0.2) is 318 Å². The summed E-state index contributed by atoms with van der Waals surface area (Å²) in [4.78, 5) is 0. The Morgan fingerprint density at radius 2 is 0.469 bits per heavy atom. The van der Waals surface area contributed by atoms with Crippen molar-refractivity contribution < 1.29 is 13.5 Å². The molecule has 0 saturated heterocycles. The van der Waals surface area contributed by atoms with E-state index < -0.39 is 0 Å². The van der Waals surface area contributed by atoms with Gasteiger partial charge in [-0.2, -0.15) is 0 Å². The fourth-order valence-electron chi connectivity index (χ4n) is 13.9. The molecule has 16 aromatic rings. The Hall–Kier alpha value is -11.3. The minimum atomic E-state index is -0.116. The van der Waals surface area contributed by atoms with Crippen LogP contribution in [0.1, 0.15) is 252 Å². The normalized spacial score (nSPS) is 9.83. The van der Waals surface area contributed by atoms with E-state index in [9.17, 15) is 8.78 Å². The SMILES string of the molecule is COc1ccc(C)c(C)c1.Cc1cc(C)c(C)c(C)c1.Cc1ccc(Br)cc1C.Cc1ccc(C)c(C)c1.Cc1cccc(Br)c1C.Cc1cccc(C(C)C)c1C.Cc1cccc(C)c1C.Cc1cccc(C)c1C.Cc1cccc(Cl)c1C.Cc1cccc(Cl)c1C.Cc1cccc(F)c1C.Cc1cccc(F)c1C.Cc1ccccc1C.Cc1ccccc1C.Cc1ccccc1C.Cc1ccccc1C(C)(C)C. The molecule has 0 heterocycles. The molecule has 0 aliphatic carbocycles. The highest BCUT2D eigenvalue weighted by Gasteiger charge is 2.15. The topological polar surface area (TPSA) is 9.23 Å². The van der Waals surface area contributed by atoms with Gasteiger partial charge in [-0.15, -0.1) is 0 Å².